The molecule has 48 valence electrons. The zero-order valence-electron chi connectivity index (χ0n) is 4.72. The second kappa shape index (κ2) is 2.21. The predicted octanol–water partition coefficient (Wildman–Crippen LogP) is -1.02. The first-order chi connectivity index (χ1) is 4.30. The highest BCUT2D eigenvalue weighted by Crippen LogP contribution is 1.89. The van der Waals surface area contributed by atoms with Crippen LogP contribution in [0.2, 0.25) is 0 Å². The summed E-state index contributed by atoms with van der Waals surface area (Å²) in [7, 11) is 0. The molecule has 0 aliphatic carbocycles. The fraction of sp³-hybridized carbons (Fsp3) is 0. The van der Waals surface area contributed by atoms with Crippen molar-refractivity contribution < 1.29 is 4.79 Å². The number of rotatable bonds is 1. The summed E-state index contributed by atoms with van der Waals surface area (Å²) in [6, 6.07) is 0. The van der Waals surface area contributed by atoms with E-state index in [0.29, 0.717) is 5.70 Å². The van der Waals surface area contributed by atoms with Crippen LogP contribution in [0.5, 0.6) is 0 Å². The average Bonchev–Trinajstić information content (AvgIpc) is 1.90. The maximum absolute atomic E-state index is 10.4. The highest BCUT2D eigenvalue weighted by molar-refractivity contribution is 5.91. The van der Waals surface area contributed by atoms with E-state index in [-0.39, 0.29) is 0 Å². The van der Waals surface area contributed by atoms with Crippen LogP contribution in [0, 0.1) is 0 Å². The zero-order valence-corrected chi connectivity index (χ0v) is 4.72. The number of amides is 1. The van der Waals surface area contributed by atoms with Crippen LogP contribution < -0.4 is 16.6 Å². The smallest absolute Gasteiger partial charge is 0.266 e. The van der Waals surface area contributed by atoms with Crippen molar-refractivity contribution in [1.82, 2.24) is 10.9 Å². The van der Waals surface area contributed by atoms with Crippen LogP contribution in [0.1, 0.15) is 0 Å². The SMILES string of the molecule is NC(=O)C1=CC=CNN1. The van der Waals surface area contributed by atoms with Gasteiger partial charge in [-0.2, -0.15) is 0 Å². The van der Waals surface area contributed by atoms with Crippen molar-refractivity contribution in [3.8, 4) is 0 Å². The molecule has 4 N–H and O–H groups in total. The molecule has 0 fully saturated rings. The number of nitrogens with one attached hydrogen (secondary N) is 2. The Balaban J connectivity index is 2.68. The third-order valence-corrected chi connectivity index (χ3v) is 0.915. The first-order valence-corrected chi connectivity index (χ1v) is 2.49. The zero-order chi connectivity index (χ0) is 6.69. The van der Waals surface area contributed by atoms with E-state index in [2.05, 4.69) is 10.9 Å². The third-order valence-electron chi connectivity index (χ3n) is 0.915. The molecule has 1 rings (SSSR count). The maximum Gasteiger partial charge on any atom is 0.266 e. The van der Waals surface area contributed by atoms with E-state index in [1.54, 1.807) is 18.4 Å². The molecule has 1 aliphatic rings. The lowest BCUT2D eigenvalue weighted by Crippen LogP contribution is -2.35. The van der Waals surface area contributed by atoms with E-state index in [1.807, 2.05) is 0 Å². The molecule has 0 spiro atoms. The molecule has 4 heteroatoms. The van der Waals surface area contributed by atoms with Gasteiger partial charge in [-0.3, -0.25) is 10.2 Å². The predicted molar refractivity (Wildman–Crippen MR) is 32.7 cm³/mol. The molecule has 0 radical (unpaired) electrons. The summed E-state index contributed by atoms with van der Waals surface area (Å²) in [4.78, 5) is 10.4. The minimum atomic E-state index is -0.466. The fourth-order valence-electron chi connectivity index (χ4n) is 0.497. The highest BCUT2D eigenvalue weighted by atomic mass is 16.1. The number of nitrogens with two attached hydrogens (primary N) is 1. The van der Waals surface area contributed by atoms with Crippen LogP contribution in [0.4, 0.5) is 0 Å². The molecule has 0 aromatic heterocycles. The van der Waals surface area contributed by atoms with E-state index >= 15 is 0 Å². The second-order valence-corrected chi connectivity index (χ2v) is 1.57. The molecule has 4 nitrogen and oxygen atoms in total. The summed E-state index contributed by atoms with van der Waals surface area (Å²) in [5.74, 6) is -0.466. The summed E-state index contributed by atoms with van der Waals surface area (Å²) < 4.78 is 0. The van der Waals surface area contributed by atoms with Gasteiger partial charge in [-0.15, -0.1) is 0 Å². The van der Waals surface area contributed by atoms with E-state index in [4.69, 9.17) is 5.73 Å². The van der Waals surface area contributed by atoms with Crippen LogP contribution in [-0.2, 0) is 4.79 Å². The van der Waals surface area contributed by atoms with Crippen molar-refractivity contribution in [2.45, 2.75) is 0 Å². The topological polar surface area (TPSA) is 67.2 Å². The standard InChI is InChI=1S/C5H7N3O/c6-5(9)4-2-1-3-7-8-4/h1-3,7-8H,(H2,6,9). The molecule has 0 aromatic rings. The van der Waals surface area contributed by atoms with Crippen LogP contribution in [0.3, 0.4) is 0 Å². The van der Waals surface area contributed by atoms with Gasteiger partial charge in [-0.05, 0) is 12.2 Å². The number of hydrazine groups is 1. The van der Waals surface area contributed by atoms with Crippen molar-refractivity contribution >= 4 is 5.91 Å². The summed E-state index contributed by atoms with van der Waals surface area (Å²) >= 11 is 0. The molecule has 0 saturated carbocycles. The molecule has 1 amide bonds. The quantitative estimate of drug-likeness (QED) is 0.420. The van der Waals surface area contributed by atoms with Crippen molar-refractivity contribution in [2.24, 2.45) is 5.73 Å². The van der Waals surface area contributed by atoms with Gasteiger partial charge in [-0.25, -0.2) is 0 Å². The van der Waals surface area contributed by atoms with E-state index in [9.17, 15) is 4.79 Å². The highest BCUT2D eigenvalue weighted by Gasteiger charge is 2.01. The number of hydrogen-bond donors (Lipinski definition) is 3. The Bertz CT molecular complexity index is 183. The molecule has 0 aromatic carbocycles. The van der Waals surface area contributed by atoms with Crippen molar-refractivity contribution in [2.75, 3.05) is 0 Å². The van der Waals surface area contributed by atoms with Crippen LogP contribution in [0.15, 0.2) is 24.0 Å². The number of carbonyl (C=O) groups is 1. The first kappa shape index (κ1) is 5.68. The molecule has 9 heavy (non-hydrogen) atoms. The van der Waals surface area contributed by atoms with Gasteiger partial charge in [-0.1, -0.05) is 0 Å². The molecular formula is C5H7N3O. The van der Waals surface area contributed by atoms with Crippen molar-refractivity contribution in [3.05, 3.63) is 24.0 Å². The average molecular weight is 125 g/mol. The monoisotopic (exact) mass is 125 g/mol. The molecular weight excluding hydrogens is 118 g/mol. The summed E-state index contributed by atoms with van der Waals surface area (Å²) in [5, 5.41) is 0. The van der Waals surface area contributed by atoms with Crippen molar-refractivity contribution in [3.63, 3.8) is 0 Å². The van der Waals surface area contributed by atoms with Gasteiger partial charge < -0.3 is 11.2 Å². The Hall–Kier alpha value is -1.45. The first-order valence-electron chi connectivity index (χ1n) is 2.49. The summed E-state index contributed by atoms with van der Waals surface area (Å²) in [6.45, 7) is 0. The van der Waals surface area contributed by atoms with Gasteiger partial charge in [0.25, 0.3) is 5.91 Å². The van der Waals surface area contributed by atoms with Gasteiger partial charge >= 0.3 is 0 Å². The molecule has 1 aliphatic heterocycles. The summed E-state index contributed by atoms with van der Waals surface area (Å²) in [6.07, 6.45) is 4.95. The lowest BCUT2D eigenvalue weighted by atomic mass is 10.3. The number of allylic oxidation sites excluding steroid dienone is 2. The Morgan fingerprint density at radius 2 is 2.44 bits per heavy atom. The number of carbonyl (C=O) groups excluding carboxylic acids is 1. The van der Waals surface area contributed by atoms with Gasteiger partial charge in [0.15, 0.2) is 0 Å². The molecule has 0 unspecified atom stereocenters. The Morgan fingerprint density at radius 3 is 2.78 bits per heavy atom. The van der Waals surface area contributed by atoms with Crippen molar-refractivity contribution in [1.29, 1.82) is 0 Å². The minimum absolute atomic E-state index is 0.373. The van der Waals surface area contributed by atoms with Gasteiger partial charge in [0, 0.05) is 6.20 Å². The Morgan fingerprint density at radius 1 is 1.67 bits per heavy atom. The largest absolute Gasteiger partial charge is 0.364 e. The normalized spacial score (nSPS) is 15.3. The van der Waals surface area contributed by atoms with Gasteiger partial charge in [0.05, 0.1) is 0 Å². The molecule has 0 saturated heterocycles. The van der Waals surface area contributed by atoms with Crippen LogP contribution in [0.25, 0.3) is 0 Å². The molecule has 0 bridgehead atoms. The van der Waals surface area contributed by atoms with E-state index in [0.717, 1.165) is 0 Å². The third kappa shape index (κ3) is 1.22. The van der Waals surface area contributed by atoms with E-state index in [1.165, 1.54) is 0 Å². The number of hydrogen-bond acceptors (Lipinski definition) is 3. The summed E-state index contributed by atoms with van der Waals surface area (Å²) in [5.41, 5.74) is 10.5. The van der Waals surface area contributed by atoms with Gasteiger partial charge in [0.2, 0.25) is 0 Å². The fourth-order valence-corrected chi connectivity index (χ4v) is 0.497. The lowest BCUT2D eigenvalue weighted by molar-refractivity contribution is -0.115. The minimum Gasteiger partial charge on any atom is -0.364 e. The molecule has 0 atom stereocenters. The Labute approximate surface area is 52.4 Å². The second-order valence-electron chi connectivity index (χ2n) is 1.57. The maximum atomic E-state index is 10.4. The molecule has 1 heterocycles. The number of primary amides is 1. The van der Waals surface area contributed by atoms with Crippen LogP contribution in [-0.4, -0.2) is 5.91 Å². The van der Waals surface area contributed by atoms with Crippen LogP contribution >= 0.6 is 0 Å². The van der Waals surface area contributed by atoms with E-state index < -0.39 is 5.91 Å². The Kier molecular flexibility index (Phi) is 1.40. The lowest BCUT2D eigenvalue weighted by Gasteiger charge is -2.08. The van der Waals surface area contributed by atoms with Gasteiger partial charge in [0.1, 0.15) is 5.70 Å².